The standard InChI is InChI=1S/C31H43N3O10/c1-7-34(5)22-16-19-8-9-20(41-6)26-25(19)30(4)27(43-26)21(42-23(37)11-14-32-28(39)17(2)35)10-13-31(22,30)44-24(38)12-15-33-29(40)18(3)36/h8-10,17-18,22,27,35-36H,7,11-16H2,1-6H3,(H,32,39)(H,33,40)/t17-,18-,22+,27-,30-,31+/m0/s1. The number of amides is 2. The average molecular weight is 618 g/mol. The molecule has 0 unspecified atom stereocenters. The van der Waals surface area contributed by atoms with Crippen molar-refractivity contribution in [2.45, 2.75) is 88.7 Å². The lowest BCUT2D eigenvalue weighted by Gasteiger charge is -2.58. The van der Waals surface area contributed by atoms with Gasteiger partial charge in [0.25, 0.3) is 0 Å². The molecule has 0 bridgehead atoms. The minimum atomic E-state index is -1.20. The molecular weight excluding hydrogens is 574 g/mol. The van der Waals surface area contributed by atoms with E-state index in [1.807, 2.05) is 33.0 Å². The molecule has 4 N–H and O–H groups in total. The van der Waals surface area contributed by atoms with Crippen molar-refractivity contribution in [1.82, 2.24) is 15.5 Å². The predicted molar refractivity (Wildman–Crippen MR) is 157 cm³/mol. The molecule has 242 valence electrons. The Labute approximate surface area is 256 Å². The van der Waals surface area contributed by atoms with Crippen LogP contribution in [0.2, 0.25) is 0 Å². The summed E-state index contributed by atoms with van der Waals surface area (Å²) >= 11 is 0. The SMILES string of the molecule is CCN(C)[C@@H]1Cc2ccc(OC)c3c2[C@@]2(C)[C@@H](O3)C(OC(=O)CCNC(=O)[C@H](C)O)=CC[C@@]12OC(=O)CCNC(=O)[C@H](C)O. The number of aliphatic hydroxyl groups is 2. The third-order valence-corrected chi connectivity index (χ3v) is 8.98. The van der Waals surface area contributed by atoms with Crippen LogP contribution in [0.4, 0.5) is 0 Å². The highest BCUT2D eigenvalue weighted by Gasteiger charge is 2.71. The molecule has 0 saturated carbocycles. The zero-order chi connectivity index (χ0) is 32.4. The Bertz CT molecular complexity index is 1330. The van der Waals surface area contributed by atoms with Crippen molar-refractivity contribution >= 4 is 23.8 Å². The molecule has 0 aromatic heterocycles. The molecule has 2 amide bonds. The van der Waals surface area contributed by atoms with Crippen LogP contribution in [0.1, 0.15) is 58.1 Å². The molecular formula is C31H43N3O10. The van der Waals surface area contributed by atoms with Gasteiger partial charge in [-0.2, -0.15) is 0 Å². The maximum absolute atomic E-state index is 13.5. The maximum Gasteiger partial charge on any atom is 0.312 e. The molecule has 1 heterocycles. The topological polar surface area (TPSA) is 173 Å². The van der Waals surface area contributed by atoms with E-state index in [0.717, 1.165) is 11.1 Å². The molecule has 3 aliphatic rings. The van der Waals surface area contributed by atoms with Crippen LogP contribution in [0.15, 0.2) is 24.0 Å². The highest BCUT2D eigenvalue weighted by Crippen LogP contribution is 2.63. The molecule has 13 heteroatoms. The third kappa shape index (κ3) is 5.87. The normalized spacial score (nSPS) is 26.0. The highest BCUT2D eigenvalue weighted by atomic mass is 16.6. The quantitative estimate of drug-likeness (QED) is 0.227. The lowest BCUT2D eigenvalue weighted by Crippen LogP contribution is -2.71. The number of esters is 2. The smallest absolute Gasteiger partial charge is 0.312 e. The second kappa shape index (κ2) is 13.1. The van der Waals surface area contributed by atoms with Crippen LogP contribution < -0.4 is 20.1 Å². The molecule has 0 saturated heterocycles. The van der Waals surface area contributed by atoms with E-state index in [1.54, 1.807) is 6.08 Å². The highest BCUT2D eigenvalue weighted by molar-refractivity contribution is 5.81. The van der Waals surface area contributed by atoms with Crippen molar-refractivity contribution in [2.75, 3.05) is 33.8 Å². The molecule has 6 atom stereocenters. The van der Waals surface area contributed by atoms with Crippen molar-refractivity contribution in [3.63, 3.8) is 0 Å². The Morgan fingerprint density at radius 2 is 1.68 bits per heavy atom. The van der Waals surface area contributed by atoms with Crippen molar-refractivity contribution in [1.29, 1.82) is 0 Å². The summed E-state index contributed by atoms with van der Waals surface area (Å²) in [5.41, 5.74) is -0.342. The molecule has 1 aromatic carbocycles. The fourth-order valence-corrected chi connectivity index (χ4v) is 6.54. The Hall–Kier alpha value is -3.68. The van der Waals surface area contributed by atoms with Gasteiger partial charge in [-0.15, -0.1) is 0 Å². The summed E-state index contributed by atoms with van der Waals surface area (Å²) in [7, 11) is 3.50. The molecule has 1 aromatic rings. The van der Waals surface area contributed by atoms with Crippen molar-refractivity contribution in [3.8, 4) is 11.5 Å². The first kappa shape index (κ1) is 33.2. The zero-order valence-corrected chi connectivity index (χ0v) is 26.1. The Balaban J connectivity index is 1.71. The van der Waals surface area contributed by atoms with Crippen LogP contribution in [0, 0.1) is 0 Å². The molecule has 4 rings (SSSR count). The van der Waals surface area contributed by atoms with Gasteiger partial charge in [-0.25, -0.2) is 0 Å². The maximum atomic E-state index is 13.5. The molecule has 0 spiro atoms. The van der Waals surface area contributed by atoms with Gasteiger partial charge in [-0.05, 0) is 58.5 Å². The van der Waals surface area contributed by atoms with Gasteiger partial charge in [-0.3, -0.25) is 24.1 Å². The fourth-order valence-electron chi connectivity index (χ4n) is 6.54. The second-order valence-electron chi connectivity index (χ2n) is 11.7. The summed E-state index contributed by atoms with van der Waals surface area (Å²) in [5, 5.41) is 23.9. The van der Waals surface area contributed by atoms with E-state index < -0.39 is 53.1 Å². The van der Waals surface area contributed by atoms with E-state index in [2.05, 4.69) is 15.5 Å². The molecule has 13 nitrogen and oxygen atoms in total. The van der Waals surface area contributed by atoms with E-state index in [-0.39, 0.29) is 44.2 Å². The molecule has 0 radical (unpaired) electrons. The Kier molecular flexibility index (Phi) is 9.91. The summed E-state index contributed by atoms with van der Waals surface area (Å²) < 4.78 is 24.5. The number of nitrogens with one attached hydrogen (secondary N) is 2. The van der Waals surface area contributed by atoms with Crippen LogP contribution in [-0.2, 0) is 40.5 Å². The number of aliphatic hydroxyl groups excluding tert-OH is 2. The van der Waals surface area contributed by atoms with Gasteiger partial charge in [0.1, 0.15) is 23.6 Å². The monoisotopic (exact) mass is 617 g/mol. The number of likely N-dealkylation sites (N-methyl/N-ethyl adjacent to an activating group) is 1. The van der Waals surface area contributed by atoms with E-state index in [0.29, 0.717) is 24.5 Å². The van der Waals surface area contributed by atoms with Gasteiger partial charge in [0.15, 0.2) is 17.6 Å². The minimum absolute atomic E-state index is 0.0104. The average Bonchev–Trinajstić information content (AvgIpc) is 3.31. The van der Waals surface area contributed by atoms with Gasteiger partial charge in [0.05, 0.1) is 31.4 Å². The van der Waals surface area contributed by atoms with E-state index in [1.165, 1.54) is 21.0 Å². The lowest BCUT2D eigenvalue weighted by molar-refractivity contribution is -0.191. The minimum Gasteiger partial charge on any atom is -0.493 e. The third-order valence-electron chi connectivity index (χ3n) is 8.98. The summed E-state index contributed by atoms with van der Waals surface area (Å²) in [5.74, 6) is -1.07. The lowest BCUT2D eigenvalue weighted by atomic mass is 9.54. The van der Waals surface area contributed by atoms with Crippen LogP contribution in [0.3, 0.4) is 0 Å². The second-order valence-corrected chi connectivity index (χ2v) is 11.7. The van der Waals surface area contributed by atoms with Crippen LogP contribution in [0.25, 0.3) is 0 Å². The number of ether oxygens (including phenoxy) is 4. The first-order valence-electron chi connectivity index (χ1n) is 14.9. The zero-order valence-electron chi connectivity index (χ0n) is 26.1. The number of hydrogen-bond donors (Lipinski definition) is 4. The Morgan fingerprint density at radius 3 is 2.25 bits per heavy atom. The van der Waals surface area contributed by atoms with Crippen molar-refractivity contribution in [3.05, 3.63) is 35.1 Å². The molecule has 2 aliphatic carbocycles. The largest absolute Gasteiger partial charge is 0.493 e. The number of benzene rings is 1. The molecule has 0 fully saturated rings. The van der Waals surface area contributed by atoms with E-state index >= 15 is 0 Å². The van der Waals surface area contributed by atoms with Crippen molar-refractivity contribution in [2.24, 2.45) is 0 Å². The number of carbonyl (C=O) groups is 4. The van der Waals surface area contributed by atoms with Crippen LogP contribution in [0.5, 0.6) is 11.5 Å². The predicted octanol–water partition coefficient (Wildman–Crippen LogP) is 0.477. The summed E-state index contributed by atoms with van der Waals surface area (Å²) in [4.78, 5) is 52.1. The first-order valence-corrected chi connectivity index (χ1v) is 14.9. The summed E-state index contributed by atoms with van der Waals surface area (Å²) in [6.07, 6.45) is -1.03. The number of nitrogens with zero attached hydrogens (tertiary/aromatic N) is 1. The summed E-state index contributed by atoms with van der Waals surface area (Å²) in [6.45, 7) is 7.28. The number of hydrogen-bond acceptors (Lipinski definition) is 11. The molecule has 1 aliphatic heterocycles. The number of rotatable bonds is 13. The van der Waals surface area contributed by atoms with Gasteiger partial charge >= 0.3 is 11.9 Å². The van der Waals surface area contributed by atoms with Gasteiger partial charge in [-0.1, -0.05) is 13.0 Å². The number of carbonyl (C=O) groups excluding carboxylic acids is 4. The number of methoxy groups -OCH3 is 1. The van der Waals surface area contributed by atoms with Crippen LogP contribution >= 0.6 is 0 Å². The van der Waals surface area contributed by atoms with E-state index in [4.69, 9.17) is 18.9 Å². The first-order chi connectivity index (χ1) is 20.8. The Morgan fingerprint density at radius 1 is 1.07 bits per heavy atom. The fraction of sp³-hybridized carbons (Fsp3) is 0.613. The van der Waals surface area contributed by atoms with Gasteiger partial charge in [0, 0.05) is 25.1 Å². The summed E-state index contributed by atoms with van der Waals surface area (Å²) in [6, 6.07) is 3.54. The van der Waals surface area contributed by atoms with E-state index in [9.17, 15) is 29.4 Å². The van der Waals surface area contributed by atoms with Gasteiger partial charge in [0.2, 0.25) is 11.8 Å². The van der Waals surface area contributed by atoms with Crippen LogP contribution in [-0.4, -0.2) is 103 Å². The van der Waals surface area contributed by atoms with Gasteiger partial charge < -0.3 is 39.8 Å². The van der Waals surface area contributed by atoms with Crippen molar-refractivity contribution < 1.29 is 48.3 Å². The molecule has 44 heavy (non-hydrogen) atoms.